The standard InChI is InChI=1S/C12H17N5O2/c13-3-8-17-11(18)2-7-16(12(17)19)6-1-5-15-9-4-14-10-15/h2,4,7,9-10H,1,3,5-6,8,13H2. The molecule has 0 aliphatic carbocycles. The van der Waals surface area contributed by atoms with Crippen molar-refractivity contribution in [1.29, 1.82) is 0 Å². The van der Waals surface area contributed by atoms with Gasteiger partial charge < -0.3 is 14.9 Å². The molecule has 0 saturated carbocycles. The van der Waals surface area contributed by atoms with Crippen LogP contribution in [0.2, 0.25) is 0 Å². The van der Waals surface area contributed by atoms with Gasteiger partial charge in [0.05, 0.1) is 6.33 Å². The van der Waals surface area contributed by atoms with Crippen molar-refractivity contribution in [2.75, 3.05) is 6.54 Å². The summed E-state index contributed by atoms with van der Waals surface area (Å²) in [5, 5.41) is 0. The highest BCUT2D eigenvalue weighted by atomic mass is 16.2. The van der Waals surface area contributed by atoms with E-state index in [2.05, 4.69) is 4.98 Å². The van der Waals surface area contributed by atoms with Crippen LogP contribution in [0.4, 0.5) is 0 Å². The van der Waals surface area contributed by atoms with Gasteiger partial charge in [0.15, 0.2) is 0 Å². The van der Waals surface area contributed by atoms with Gasteiger partial charge in [-0.3, -0.25) is 9.36 Å². The summed E-state index contributed by atoms with van der Waals surface area (Å²) < 4.78 is 4.64. The molecule has 0 atom stereocenters. The summed E-state index contributed by atoms with van der Waals surface area (Å²) in [4.78, 5) is 27.5. The van der Waals surface area contributed by atoms with Gasteiger partial charge in [-0.2, -0.15) is 0 Å². The number of aryl methyl sites for hydroxylation is 2. The number of nitrogens with two attached hydrogens (primary N) is 1. The van der Waals surface area contributed by atoms with Crippen LogP contribution in [-0.2, 0) is 19.6 Å². The fourth-order valence-electron chi connectivity index (χ4n) is 1.90. The normalized spacial score (nSPS) is 10.8. The average molecular weight is 263 g/mol. The van der Waals surface area contributed by atoms with Crippen molar-refractivity contribution < 1.29 is 0 Å². The Kier molecular flexibility index (Phi) is 4.30. The quantitative estimate of drug-likeness (QED) is 0.743. The van der Waals surface area contributed by atoms with Crippen molar-refractivity contribution in [3.63, 3.8) is 0 Å². The molecule has 0 bridgehead atoms. The van der Waals surface area contributed by atoms with Crippen LogP contribution in [0.1, 0.15) is 6.42 Å². The minimum Gasteiger partial charge on any atom is -0.337 e. The Balaban J connectivity index is 2.06. The van der Waals surface area contributed by atoms with Gasteiger partial charge in [0.1, 0.15) is 0 Å². The van der Waals surface area contributed by atoms with Gasteiger partial charge in [0.2, 0.25) is 0 Å². The predicted molar refractivity (Wildman–Crippen MR) is 70.9 cm³/mol. The molecule has 0 unspecified atom stereocenters. The number of aromatic nitrogens is 4. The lowest BCUT2D eigenvalue weighted by atomic mass is 10.4. The van der Waals surface area contributed by atoms with Crippen molar-refractivity contribution in [1.82, 2.24) is 18.7 Å². The Morgan fingerprint density at radius 3 is 2.68 bits per heavy atom. The molecule has 0 amide bonds. The molecular formula is C12H17N5O2. The Morgan fingerprint density at radius 2 is 2.00 bits per heavy atom. The SMILES string of the molecule is NCCn1c(=O)ccn(CCCn2ccnc2)c1=O. The third-order valence-electron chi connectivity index (χ3n) is 2.87. The Morgan fingerprint density at radius 1 is 1.16 bits per heavy atom. The topological polar surface area (TPSA) is 87.8 Å². The molecule has 102 valence electrons. The van der Waals surface area contributed by atoms with Crippen molar-refractivity contribution >= 4 is 0 Å². The van der Waals surface area contributed by atoms with E-state index in [0.29, 0.717) is 6.54 Å². The lowest BCUT2D eigenvalue weighted by Gasteiger charge is -2.09. The molecular weight excluding hydrogens is 246 g/mol. The van der Waals surface area contributed by atoms with Gasteiger partial charge in [-0.25, -0.2) is 9.78 Å². The first-order valence-corrected chi connectivity index (χ1v) is 6.18. The first-order chi connectivity index (χ1) is 9.22. The average Bonchev–Trinajstić information content (AvgIpc) is 2.90. The van der Waals surface area contributed by atoms with E-state index < -0.39 is 0 Å². The van der Waals surface area contributed by atoms with Crippen LogP contribution >= 0.6 is 0 Å². The molecule has 0 radical (unpaired) electrons. The number of hydrogen-bond acceptors (Lipinski definition) is 4. The summed E-state index contributed by atoms with van der Waals surface area (Å²) in [6.45, 7) is 1.86. The molecule has 0 aromatic carbocycles. The number of imidazole rings is 1. The van der Waals surface area contributed by atoms with Crippen LogP contribution in [0.15, 0.2) is 40.6 Å². The van der Waals surface area contributed by atoms with Gasteiger partial charge in [0.25, 0.3) is 5.56 Å². The van der Waals surface area contributed by atoms with Gasteiger partial charge in [-0.05, 0) is 6.42 Å². The zero-order valence-electron chi connectivity index (χ0n) is 10.6. The molecule has 0 aliphatic heterocycles. The first-order valence-electron chi connectivity index (χ1n) is 6.18. The van der Waals surface area contributed by atoms with Gasteiger partial charge in [-0.1, -0.05) is 0 Å². The molecule has 2 aromatic heterocycles. The maximum atomic E-state index is 12.0. The number of hydrogen-bond donors (Lipinski definition) is 1. The Bertz CT molecular complexity index is 626. The van der Waals surface area contributed by atoms with E-state index in [4.69, 9.17) is 5.73 Å². The second-order valence-corrected chi connectivity index (χ2v) is 4.22. The van der Waals surface area contributed by atoms with E-state index in [1.54, 1.807) is 12.5 Å². The summed E-state index contributed by atoms with van der Waals surface area (Å²) in [5.41, 5.74) is 4.79. The zero-order valence-corrected chi connectivity index (χ0v) is 10.6. The summed E-state index contributed by atoms with van der Waals surface area (Å²) in [6, 6.07) is 1.40. The maximum Gasteiger partial charge on any atom is 0.331 e. The second-order valence-electron chi connectivity index (χ2n) is 4.22. The molecule has 0 aliphatic rings. The molecule has 7 nitrogen and oxygen atoms in total. The van der Waals surface area contributed by atoms with Crippen molar-refractivity contribution in [2.24, 2.45) is 5.73 Å². The van der Waals surface area contributed by atoms with Crippen LogP contribution in [0.3, 0.4) is 0 Å². The lowest BCUT2D eigenvalue weighted by molar-refractivity contribution is 0.510. The summed E-state index contributed by atoms with van der Waals surface area (Å²) in [6.07, 6.45) is 7.65. The summed E-state index contributed by atoms with van der Waals surface area (Å²) in [7, 11) is 0. The fourth-order valence-corrected chi connectivity index (χ4v) is 1.90. The fraction of sp³-hybridized carbons (Fsp3) is 0.417. The minimum atomic E-state index is -0.304. The van der Waals surface area contributed by atoms with Crippen molar-refractivity contribution in [2.45, 2.75) is 26.1 Å². The lowest BCUT2D eigenvalue weighted by Crippen LogP contribution is -2.40. The van der Waals surface area contributed by atoms with E-state index >= 15 is 0 Å². The minimum absolute atomic E-state index is 0.250. The molecule has 0 fully saturated rings. The summed E-state index contributed by atoms with van der Waals surface area (Å²) in [5.74, 6) is 0. The van der Waals surface area contributed by atoms with E-state index in [0.717, 1.165) is 17.5 Å². The largest absolute Gasteiger partial charge is 0.337 e. The number of nitrogens with zero attached hydrogens (tertiary/aromatic N) is 4. The van der Waals surface area contributed by atoms with Crippen LogP contribution in [0.5, 0.6) is 0 Å². The highest BCUT2D eigenvalue weighted by molar-refractivity contribution is 4.86. The third-order valence-corrected chi connectivity index (χ3v) is 2.87. The van der Waals surface area contributed by atoms with Gasteiger partial charge in [-0.15, -0.1) is 0 Å². The van der Waals surface area contributed by atoms with Crippen LogP contribution < -0.4 is 17.0 Å². The van der Waals surface area contributed by atoms with Crippen LogP contribution in [0, 0.1) is 0 Å². The molecule has 0 saturated heterocycles. The molecule has 2 N–H and O–H groups in total. The monoisotopic (exact) mass is 263 g/mol. The zero-order chi connectivity index (χ0) is 13.7. The Hall–Kier alpha value is -2.15. The summed E-state index contributed by atoms with van der Waals surface area (Å²) >= 11 is 0. The van der Waals surface area contributed by atoms with Gasteiger partial charge in [0, 0.05) is 50.8 Å². The number of rotatable bonds is 6. The Labute approximate surface area is 109 Å². The molecule has 2 aromatic rings. The smallest absolute Gasteiger partial charge is 0.331 e. The van der Waals surface area contributed by atoms with Crippen LogP contribution in [0.25, 0.3) is 0 Å². The van der Waals surface area contributed by atoms with E-state index in [1.165, 1.54) is 16.8 Å². The second kappa shape index (κ2) is 6.14. The molecule has 0 spiro atoms. The van der Waals surface area contributed by atoms with E-state index in [9.17, 15) is 9.59 Å². The van der Waals surface area contributed by atoms with Crippen molar-refractivity contribution in [3.05, 3.63) is 51.8 Å². The van der Waals surface area contributed by atoms with Crippen LogP contribution in [-0.4, -0.2) is 25.2 Å². The first kappa shape index (κ1) is 13.3. The predicted octanol–water partition coefficient (Wildman–Crippen LogP) is -0.744. The highest BCUT2D eigenvalue weighted by Gasteiger charge is 2.04. The molecule has 19 heavy (non-hydrogen) atoms. The molecule has 2 heterocycles. The highest BCUT2D eigenvalue weighted by Crippen LogP contribution is 1.92. The van der Waals surface area contributed by atoms with E-state index in [1.807, 2.05) is 10.8 Å². The molecule has 7 heteroatoms. The van der Waals surface area contributed by atoms with Gasteiger partial charge >= 0.3 is 5.69 Å². The molecule has 2 rings (SSSR count). The third kappa shape index (κ3) is 3.19. The van der Waals surface area contributed by atoms with E-state index in [-0.39, 0.29) is 24.3 Å². The maximum absolute atomic E-state index is 12.0. The van der Waals surface area contributed by atoms with Crippen molar-refractivity contribution in [3.8, 4) is 0 Å².